The molecule has 0 bridgehead atoms. The number of piperidine rings is 1. The molecule has 8 heteroatoms. The molecule has 1 aliphatic rings. The first-order valence-electron chi connectivity index (χ1n) is 7.58. The standard InChI is InChI=1S/C16H20Cl2N2O3.Li/c17-12-4-3-11(8-13(12)18)9-20-7-5-14(15(21)10-20)19-6-1-2-16(22)23;/h3-4,8,14,19H,1-2,5-7,9-10H2,(H,22,23);/q;+1/p-1. The van der Waals surface area contributed by atoms with E-state index in [-0.39, 0.29) is 37.1 Å². The fourth-order valence-corrected chi connectivity index (χ4v) is 2.96. The zero-order valence-electron chi connectivity index (χ0n) is 13.7. The Hall–Kier alpha value is -0.543. The number of nitrogens with one attached hydrogen (secondary N) is 1. The van der Waals surface area contributed by atoms with Crippen molar-refractivity contribution in [1.82, 2.24) is 10.2 Å². The van der Waals surface area contributed by atoms with E-state index in [1.54, 1.807) is 6.07 Å². The molecule has 1 atom stereocenters. The molecule has 1 aromatic rings. The van der Waals surface area contributed by atoms with Crippen LogP contribution in [0.4, 0.5) is 0 Å². The molecule has 1 saturated heterocycles. The number of carbonyl (C=O) groups is 2. The van der Waals surface area contributed by atoms with E-state index in [9.17, 15) is 14.7 Å². The molecular weight excluding hydrogens is 346 g/mol. The molecule has 0 amide bonds. The van der Waals surface area contributed by atoms with E-state index >= 15 is 0 Å². The number of hydrogen-bond acceptors (Lipinski definition) is 5. The quantitative estimate of drug-likeness (QED) is 0.459. The topological polar surface area (TPSA) is 72.5 Å². The van der Waals surface area contributed by atoms with E-state index in [4.69, 9.17) is 23.2 Å². The van der Waals surface area contributed by atoms with Gasteiger partial charge in [-0.2, -0.15) is 0 Å². The summed E-state index contributed by atoms with van der Waals surface area (Å²) in [6.07, 6.45) is 1.20. The number of carboxylic acids is 1. The number of ketones is 1. The first-order valence-corrected chi connectivity index (χ1v) is 8.33. The summed E-state index contributed by atoms with van der Waals surface area (Å²) < 4.78 is 0. The number of aliphatic carboxylic acids is 1. The molecule has 126 valence electrons. The number of carbonyl (C=O) groups excluding carboxylic acids is 2. The number of nitrogens with zero attached hydrogens (tertiary/aromatic N) is 1. The van der Waals surface area contributed by atoms with E-state index in [2.05, 4.69) is 10.2 Å². The van der Waals surface area contributed by atoms with Crippen LogP contribution >= 0.6 is 23.2 Å². The van der Waals surface area contributed by atoms with Crippen molar-refractivity contribution in [2.24, 2.45) is 0 Å². The molecule has 24 heavy (non-hydrogen) atoms. The Balaban J connectivity index is 0.00000288. The fourth-order valence-electron chi connectivity index (χ4n) is 2.64. The molecule has 0 spiro atoms. The third-order valence-corrected chi connectivity index (χ3v) is 4.58. The van der Waals surface area contributed by atoms with Gasteiger partial charge >= 0.3 is 18.9 Å². The van der Waals surface area contributed by atoms with Gasteiger partial charge in [0.05, 0.1) is 22.6 Å². The van der Waals surface area contributed by atoms with Crippen LogP contribution in [0.5, 0.6) is 0 Å². The van der Waals surface area contributed by atoms with E-state index in [0.717, 1.165) is 12.1 Å². The fraction of sp³-hybridized carbons (Fsp3) is 0.500. The third-order valence-electron chi connectivity index (χ3n) is 3.84. The van der Waals surface area contributed by atoms with Crippen LogP contribution in [0.25, 0.3) is 0 Å². The van der Waals surface area contributed by atoms with Crippen molar-refractivity contribution in [3.05, 3.63) is 33.8 Å². The maximum absolute atomic E-state index is 12.2. The Morgan fingerprint density at radius 3 is 2.71 bits per heavy atom. The number of likely N-dealkylation sites (tertiary alicyclic amines) is 1. The monoisotopic (exact) mass is 364 g/mol. The van der Waals surface area contributed by atoms with Gasteiger partial charge < -0.3 is 15.2 Å². The van der Waals surface area contributed by atoms with Crippen molar-refractivity contribution >= 4 is 35.0 Å². The van der Waals surface area contributed by atoms with Gasteiger partial charge in [0, 0.05) is 19.1 Å². The first-order chi connectivity index (χ1) is 11.0. The number of rotatable bonds is 7. The van der Waals surface area contributed by atoms with Gasteiger partial charge in [-0.25, -0.2) is 0 Å². The largest absolute Gasteiger partial charge is 1.00 e. The number of carboxylic acid groups (broad SMARTS) is 1. The normalized spacial score (nSPS) is 18.2. The van der Waals surface area contributed by atoms with Crippen LogP contribution in [-0.2, 0) is 16.1 Å². The summed E-state index contributed by atoms with van der Waals surface area (Å²) in [7, 11) is 0. The van der Waals surface area contributed by atoms with Gasteiger partial charge in [0.25, 0.3) is 0 Å². The van der Waals surface area contributed by atoms with E-state index < -0.39 is 5.97 Å². The van der Waals surface area contributed by atoms with Gasteiger partial charge in [0.15, 0.2) is 5.78 Å². The van der Waals surface area contributed by atoms with Gasteiger partial charge in [0.2, 0.25) is 0 Å². The van der Waals surface area contributed by atoms with Gasteiger partial charge in [0.1, 0.15) is 0 Å². The number of benzene rings is 1. The minimum atomic E-state index is -1.06. The van der Waals surface area contributed by atoms with Crippen LogP contribution in [0.3, 0.4) is 0 Å². The Labute approximate surface area is 163 Å². The van der Waals surface area contributed by atoms with Crippen LogP contribution in [0.2, 0.25) is 10.0 Å². The second-order valence-corrected chi connectivity index (χ2v) is 6.51. The predicted octanol–water partition coefficient (Wildman–Crippen LogP) is -1.74. The summed E-state index contributed by atoms with van der Waals surface area (Å²) in [5.74, 6) is -0.931. The molecule has 2 rings (SSSR count). The van der Waals surface area contributed by atoms with E-state index in [1.807, 2.05) is 12.1 Å². The third kappa shape index (κ3) is 6.76. The molecule has 1 N–H and O–H groups in total. The van der Waals surface area contributed by atoms with Gasteiger partial charge in [-0.3, -0.25) is 9.69 Å². The molecule has 1 aromatic carbocycles. The summed E-state index contributed by atoms with van der Waals surface area (Å²) in [6.45, 7) is 2.33. The number of halogens is 2. The van der Waals surface area contributed by atoms with Crippen molar-refractivity contribution in [2.75, 3.05) is 19.6 Å². The molecule has 0 aliphatic carbocycles. The van der Waals surface area contributed by atoms with E-state index in [1.165, 1.54) is 0 Å². The molecular formula is C16H19Cl2LiN2O3. The van der Waals surface area contributed by atoms with Crippen LogP contribution in [0, 0.1) is 0 Å². The second kappa shape index (κ2) is 10.4. The first kappa shape index (κ1) is 21.5. The minimum absolute atomic E-state index is 0. The molecule has 1 fully saturated rings. The van der Waals surface area contributed by atoms with Gasteiger partial charge in [-0.1, -0.05) is 29.3 Å². The number of hydrogen-bond donors (Lipinski definition) is 1. The van der Waals surface area contributed by atoms with Crippen molar-refractivity contribution in [3.63, 3.8) is 0 Å². The summed E-state index contributed by atoms with van der Waals surface area (Å²) >= 11 is 11.9. The average molecular weight is 365 g/mol. The van der Waals surface area contributed by atoms with Crippen LogP contribution in [0.15, 0.2) is 18.2 Å². The summed E-state index contributed by atoms with van der Waals surface area (Å²) in [4.78, 5) is 24.6. The van der Waals surface area contributed by atoms with Crippen LogP contribution in [0.1, 0.15) is 24.8 Å². The van der Waals surface area contributed by atoms with Crippen molar-refractivity contribution in [1.29, 1.82) is 0 Å². The molecule has 0 saturated carbocycles. The Bertz CT molecular complexity index is 586. The Morgan fingerprint density at radius 1 is 1.33 bits per heavy atom. The average Bonchev–Trinajstić information content (AvgIpc) is 2.49. The van der Waals surface area contributed by atoms with Crippen molar-refractivity contribution in [3.8, 4) is 0 Å². The minimum Gasteiger partial charge on any atom is -0.550 e. The van der Waals surface area contributed by atoms with Crippen molar-refractivity contribution < 1.29 is 33.6 Å². The van der Waals surface area contributed by atoms with E-state index in [0.29, 0.717) is 42.5 Å². The predicted molar refractivity (Wildman–Crippen MR) is 87.4 cm³/mol. The number of Topliss-reactive ketones (excluding diaryl/α,β-unsaturated/α-hetero) is 1. The maximum atomic E-state index is 12.2. The summed E-state index contributed by atoms with van der Waals surface area (Å²) in [5.41, 5.74) is 1.02. The molecule has 1 aliphatic heterocycles. The zero-order valence-corrected chi connectivity index (χ0v) is 15.2. The van der Waals surface area contributed by atoms with Crippen LogP contribution < -0.4 is 29.3 Å². The van der Waals surface area contributed by atoms with Crippen LogP contribution in [-0.4, -0.2) is 42.3 Å². The Morgan fingerprint density at radius 2 is 2.08 bits per heavy atom. The SMILES string of the molecule is O=C([O-])CCCNC1CCN(Cc2ccc(Cl)c(Cl)c2)CC1=O.[Li+]. The van der Waals surface area contributed by atoms with Gasteiger partial charge in [-0.15, -0.1) is 0 Å². The second-order valence-electron chi connectivity index (χ2n) is 5.70. The smallest absolute Gasteiger partial charge is 0.550 e. The summed E-state index contributed by atoms with van der Waals surface area (Å²) in [5, 5.41) is 14.5. The molecule has 0 radical (unpaired) electrons. The molecule has 1 unspecified atom stereocenters. The zero-order chi connectivity index (χ0) is 16.8. The van der Waals surface area contributed by atoms with Crippen molar-refractivity contribution in [2.45, 2.75) is 31.8 Å². The molecule has 1 heterocycles. The maximum Gasteiger partial charge on any atom is 1.00 e. The molecule has 0 aromatic heterocycles. The summed E-state index contributed by atoms with van der Waals surface area (Å²) in [6, 6.07) is 5.29. The Kier molecular flexibility index (Phi) is 9.36. The van der Waals surface area contributed by atoms with Gasteiger partial charge in [-0.05, 0) is 43.5 Å². The molecule has 5 nitrogen and oxygen atoms in total.